The topological polar surface area (TPSA) is 62.7 Å². The summed E-state index contributed by atoms with van der Waals surface area (Å²) in [4.78, 5) is 18.5. The number of carboxylic acid groups (broad SMARTS) is 1. The first-order valence-corrected chi connectivity index (χ1v) is 7.67. The number of carboxylic acids is 1. The first-order chi connectivity index (χ1) is 9.30. The van der Waals surface area contributed by atoms with Gasteiger partial charge in [-0.15, -0.1) is 0 Å². The molecular formula is C14H22N2O3S. The Morgan fingerprint density at radius 2 is 2.00 bits per heavy atom. The van der Waals surface area contributed by atoms with Gasteiger partial charge in [0.25, 0.3) is 0 Å². The molecule has 0 saturated carbocycles. The molecule has 1 saturated heterocycles. The molecule has 2 heterocycles. The molecule has 5 nitrogen and oxygen atoms in total. The number of hydrogen-bond donors (Lipinski definition) is 1. The molecule has 1 aliphatic heterocycles. The van der Waals surface area contributed by atoms with Crippen LogP contribution in [0.15, 0.2) is 0 Å². The Labute approximate surface area is 123 Å². The van der Waals surface area contributed by atoms with Gasteiger partial charge in [0.2, 0.25) is 0 Å². The lowest BCUT2D eigenvalue weighted by atomic mass is 9.91. The number of hydrogen-bond acceptors (Lipinski definition) is 5. The van der Waals surface area contributed by atoms with Crippen LogP contribution in [0.5, 0.6) is 0 Å². The molecule has 1 N–H and O–H groups in total. The van der Waals surface area contributed by atoms with Gasteiger partial charge in [0.05, 0.1) is 5.69 Å². The van der Waals surface area contributed by atoms with E-state index in [1.165, 1.54) is 11.3 Å². The highest BCUT2D eigenvalue weighted by molar-refractivity contribution is 7.17. The number of aromatic nitrogens is 1. The van der Waals surface area contributed by atoms with Gasteiger partial charge in [-0.1, -0.05) is 32.1 Å². The molecule has 0 bridgehead atoms. The van der Waals surface area contributed by atoms with Crippen molar-refractivity contribution in [3.63, 3.8) is 0 Å². The molecule has 0 amide bonds. The average molecular weight is 298 g/mol. The monoisotopic (exact) mass is 298 g/mol. The zero-order valence-corrected chi connectivity index (χ0v) is 13.3. The van der Waals surface area contributed by atoms with Crippen molar-refractivity contribution in [2.45, 2.75) is 45.1 Å². The standard InChI is InChI=1S/C14H22N2O3S/c1-14(2,3)11-10(12(17)18)20-13(15-11)16(4)9-5-7-19-8-6-9/h9H,5-8H2,1-4H3,(H,17,18). The lowest BCUT2D eigenvalue weighted by Crippen LogP contribution is -2.36. The van der Waals surface area contributed by atoms with Gasteiger partial charge in [-0.25, -0.2) is 9.78 Å². The van der Waals surface area contributed by atoms with E-state index in [1.54, 1.807) is 0 Å². The largest absolute Gasteiger partial charge is 0.477 e. The number of carbonyl (C=O) groups is 1. The van der Waals surface area contributed by atoms with Gasteiger partial charge < -0.3 is 14.7 Å². The number of anilines is 1. The van der Waals surface area contributed by atoms with Crippen LogP contribution >= 0.6 is 11.3 Å². The summed E-state index contributed by atoms with van der Waals surface area (Å²) in [5.41, 5.74) is 0.405. The van der Waals surface area contributed by atoms with Gasteiger partial charge in [0.15, 0.2) is 5.13 Å². The zero-order chi connectivity index (χ0) is 14.9. The van der Waals surface area contributed by atoms with E-state index in [9.17, 15) is 9.90 Å². The average Bonchev–Trinajstić information content (AvgIpc) is 2.84. The van der Waals surface area contributed by atoms with Gasteiger partial charge in [0.1, 0.15) is 4.88 Å². The molecule has 1 fully saturated rings. The number of ether oxygens (including phenoxy) is 1. The van der Waals surface area contributed by atoms with Crippen molar-refractivity contribution in [3.05, 3.63) is 10.6 Å². The summed E-state index contributed by atoms with van der Waals surface area (Å²) in [6.07, 6.45) is 1.92. The lowest BCUT2D eigenvalue weighted by molar-refractivity contribution is 0.0699. The second-order valence-electron chi connectivity index (χ2n) is 6.18. The van der Waals surface area contributed by atoms with Crippen molar-refractivity contribution in [1.82, 2.24) is 4.98 Å². The van der Waals surface area contributed by atoms with Gasteiger partial charge in [0, 0.05) is 31.7 Å². The molecule has 0 unspecified atom stereocenters. The Morgan fingerprint density at radius 3 is 2.45 bits per heavy atom. The Bertz CT molecular complexity index is 487. The van der Waals surface area contributed by atoms with Crippen molar-refractivity contribution in [1.29, 1.82) is 0 Å². The van der Waals surface area contributed by atoms with Gasteiger partial charge in [-0.2, -0.15) is 0 Å². The maximum Gasteiger partial charge on any atom is 0.347 e. The summed E-state index contributed by atoms with van der Waals surface area (Å²) in [5, 5.41) is 10.2. The zero-order valence-electron chi connectivity index (χ0n) is 12.5. The van der Waals surface area contributed by atoms with Crippen LogP contribution in [0.2, 0.25) is 0 Å². The first kappa shape index (κ1) is 15.3. The van der Waals surface area contributed by atoms with E-state index < -0.39 is 5.97 Å². The smallest absolute Gasteiger partial charge is 0.347 e. The summed E-state index contributed by atoms with van der Waals surface area (Å²) in [6, 6.07) is 0.379. The molecule has 0 spiro atoms. The summed E-state index contributed by atoms with van der Waals surface area (Å²) in [6.45, 7) is 7.50. The predicted molar refractivity (Wildman–Crippen MR) is 80.0 cm³/mol. The normalized spacial score (nSPS) is 17.2. The molecule has 112 valence electrons. The van der Waals surface area contributed by atoms with Crippen LogP contribution in [0.3, 0.4) is 0 Å². The molecule has 20 heavy (non-hydrogen) atoms. The van der Waals surface area contributed by atoms with E-state index in [-0.39, 0.29) is 5.41 Å². The van der Waals surface area contributed by atoms with E-state index in [0.717, 1.165) is 31.2 Å². The van der Waals surface area contributed by atoms with Crippen LogP contribution in [0.1, 0.15) is 49.0 Å². The fourth-order valence-corrected chi connectivity index (χ4v) is 3.49. The third-order valence-electron chi connectivity index (χ3n) is 3.56. The van der Waals surface area contributed by atoms with Crippen molar-refractivity contribution >= 4 is 22.4 Å². The molecule has 0 aliphatic carbocycles. The van der Waals surface area contributed by atoms with Crippen molar-refractivity contribution in [2.75, 3.05) is 25.2 Å². The van der Waals surface area contributed by atoms with Crippen LogP contribution in [-0.4, -0.2) is 42.4 Å². The maximum atomic E-state index is 11.4. The first-order valence-electron chi connectivity index (χ1n) is 6.86. The van der Waals surface area contributed by atoms with E-state index >= 15 is 0 Å². The van der Waals surface area contributed by atoms with Crippen molar-refractivity contribution < 1.29 is 14.6 Å². The van der Waals surface area contributed by atoms with Gasteiger partial charge in [-0.3, -0.25) is 0 Å². The molecule has 6 heteroatoms. The number of nitrogens with zero attached hydrogens (tertiary/aromatic N) is 2. The van der Waals surface area contributed by atoms with E-state index in [1.807, 2.05) is 27.8 Å². The van der Waals surface area contributed by atoms with Crippen LogP contribution < -0.4 is 4.90 Å². The highest BCUT2D eigenvalue weighted by atomic mass is 32.1. The lowest BCUT2D eigenvalue weighted by Gasteiger charge is -2.30. The molecule has 1 aromatic heterocycles. The third kappa shape index (κ3) is 3.12. The van der Waals surface area contributed by atoms with Crippen LogP contribution in [0.25, 0.3) is 0 Å². The fraction of sp³-hybridized carbons (Fsp3) is 0.714. The van der Waals surface area contributed by atoms with Crippen molar-refractivity contribution in [3.8, 4) is 0 Å². The van der Waals surface area contributed by atoms with Crippen LogP contribution in [0, 0.1) is 0 Å². The number of aromatic carboxylic acids is 1. The maximum absolute atomic E-state index is 11.4. The summed E-state index contributed by atoms with van der Waals surface area (Å²) < 4.78 is 5.37. The SMILES string of the molecule is CN(c1nc(C(C)(C)C)c(C(=O)O)s1)C1CCOCC1. The molecule has 0 aromatic carbocycles. The van der Waals surface area contributed by atoms with Gasteiger partial charge in [-0.05, 0) is 12.8 Å². The Hall–Kier alpha value is -1.14. The summed E-state index contributed by atoms with van der Waals surface area (Å²) in [5.74, 6) is -0.890. The van der Waals surface area contributed by atoms with Gasteiger partial charge >= 0.3 is 5.97 Å². The Balaban J connectivity index is 2.30. The quantitative estimate of drug-likeness (QED) is 0.929. The van der Waals surface area contributed by atoms with Crippen LogP contribution in [-0.2, 0) is 10.2 Å². The molecule has 0 radical (unpaired) electrons. The molecule has 1 aromatic rings. The number of rotatable bonds is 3. The van der Waals surface area contributed by atoms with E-state index in [0.29, 0.717) is 16.6 Å². The molecular weight excluding hydrogens is 276 g/mol. The van der Waals surface area contributed by atoms with E-state index in [4.69, 9.17) is 4.74 Å². The highest BCUT2D eigenvalue weighted by Crippen LogP contribution is 2.34. The second-order valence-corrected chi connectivity index (χ2v) is 7.16. The third-order valence-corrected chi connectivity index (χ3v) is 4.69. The fourth-order valence-electron chi connectivity index (χ4n) is 2.34. The molecule has 1 aliphatic rings. The number of thiazole rings is 1. The minimum absolute atomic E-state index is 0.265. The Morgan fingerprint density at radius 1 is 1.40 bits per heavy atom. The minimum atomic E-state index is -0.890. The van der Waals surface area contributed by atoms with Crippen LogP contribution in [0.4, 0.5) is 5.13 Å². The van der Waals surface area contributed by atoms with E-state index in [2.05, 4.69) is 9.88 Å². The molecule has 2 rings (SSSR count). The summed E-state index contributed by atoms with van der Waals surface area (Å²) >= 11 is 1.27. The van der Waals surface area contributed by atoms with Crippen molar-refractivity contribution in [2.24, 2.45) is 0 Å². The Kier molecular flexibility index (Phi) is 4.34. The predicted octanol–water partition coefficient (Wildman–Crippen LogP) is 2.75. The highest BCUT2D eigenvalue weighted by Gasteiger charge is 2.29. The molecule has 0 atom stereocenters. The minimum Gasteiger partial charge on any atom is -0.477 e. The second kappa shape index (κ2) is 5.69. The summed E-state index contributed by atoms with van der Waals surface area (Å²) in [7, 11) is 1.99.